The van der Waals surface area contributed by atoms with E-state index in [-0.39, 0.29) is 5.91 Å². The summed E-state index contributed by atoms with van der Waals surface area (Å²) in [5.41, 5.74) is 1.15. The number of hydrogen-bond donors (Lipinski definition) is 1. The lowest BCUT2D eigenvalue weighted by atomic mass is 10.1. The second kappa shape index (κ2) is 5.93. The average Bonchev–Trinajstić information content (AvgIpc) is 2.79. The molecule has 0 aliphatic carbocycles. The van der Waals surface area contributed by atoms with E-state index in [1.807, 2.05) is 29.6 Å². The number of thiazole rings is 1. The molecule has 0 unspecified atom stereocenters. The van der Waals surface area contributed by atoms with Crippen LogP contribution in [0.15, 0.2) is 40.3 Å². The molecular weight excluding hydrogens is 300 g/mol. The van der Waals surface area contributed by atoms with Crippen LogP contribution in [-0.2, 0) is 11.2 Å². The zero-order valence-corrected chi connectivity index (χ0v) is 11.4. The molecule has 2 aromatic rings. The Morgan fingerprint density at radius 1 is 1.47 bits per heavy atom. The molecule has 0 bridgehead atoms. The Hall–Kier alpha value is -1.20. The van der Waals surface area contributed by atoms with E-state index in [0.717, 1.165) is 16.5 Å². The second-order valence-electron chi connectivity index (χ2n) is 3.52. The van der Waals surface area contributed by atoms with Crippen molar-refractivity contribution in [1.29, 1.82) is 0 Å². The van der Waals surface area contributed by atoms with Gasteiger partial charge in [-0.15, -0.1) is 11.3 Å². The van der Waals surface area contributed by atoms with Gasteiger partial charge in [-0.05, 0) is 24.1 Å². The number of benzene rings is 1. The molecule has 0 radical (unpaired) electrons. The van der Waals surface area contributed by atoms with Crippen LogP contribution < -0.4 is 5.32 Å². The maximum Gasteiger partial charge on any atom is 0.226 e. The number of nitrogens with zero attached hydrogens (tertiary/aromatic N) is 1. The fourth-order valence-corrected chi connectivity index (χ4v) is 2.41. The Balaban J connectivity index is 1.84. The van der Waals surface area contributed by atoms with Gasteiger partial charge >= 0.3 is 0 Å². The molecule has 1 aromatic heterocycles. The van der Waals surface area contributed by atoms with Gasteiger partial charge in [0.15, 0.2) is 5.13 Å². The number of halogens is 1. The molecule has 0 aliphatic heterocycles. The van der Waals surface area contributed by atoms with Crippen LogP contribution >= 0.6 is 27.3 Å². The van der Waals surface area contributed by atoms with Crippen molar-refractivity contribution in [2.24, 2.45) is 0 Å². The Labute approximate surface area is 112 Å². The summed E-state index contributed by atoms with van der Waals surface area (Å²) in [7, 11) is 0. The van der Waals surface area contributed by atoms with E-state index >= 15 is 0 Å². The number of rotatable bonds is 4. The number of aromatic nitrogens is 1. The lowest BCUT2D eigenvalue weighted by molar-refractivity contribution is -0.116. The zero-order chi connectivity index (χ0) is 12.1. The molecular formula is C12H11BrN2OS. The van der Waals surface area contributed by atoms with Crippen LogP contribution in [0, 0.1) is 0 Å². The van der Waals surface area contributed by atoms with Crippen molar-refractivity contribution in [1.82, 2.24) is 4.98 Å². The van der Waals surface area contributed by atoms with Crippen LogP contribution in [0.5, 0.6) is 0 Å². The molecule has 1 amide bonds. The van der Waals surface area contributed by atoms with Crippen molar-refractivity contribution in [3.63, 3.8) is 0 Å². The summed E-state index contributed by atoms with van der Waals surface area (Å²) >= 11 is 4.83. The van der Waals surface area contributed by atoms with E-state index < -0.39 is 0 Å². The molecule has 0 aliphatic rings. The molecule has 3 nitrogen and oxygen atoms in total. The topological polar surface area (TPSA) is 42.0 Å². The van der Waals surface area contributed by atoms with Crippen molar-refractivity contribution in [2.75, 3.05) is 5.32 Å². The van der Waals surface area contributed by atoms with Gasteiger partial charge in [-0.3, -0.25) is 4.79 Å². The van der Waals surface area contributed by atoms with Crippen LogP contribution in [0.2, 0.25) is 0 Å². The van der Waals surface area contributed by atoms with E-state index in [1.165, 1.54) is 11.3 Å². The van der Waals surface area contributed by atoms with Gasteiger partial charge in [0.05, 0.1) is 0 Å². The van der Waals surface area contributed by atoms with Crippen molar-refractivity contribution >= 4 is 38.3 Å². The summed E-state index contributed by atoms with van der Waals surface area (Å²) in [5.74, 6) is -0.0000690. The molecule has 0 saturated carbocycles. The third kappa shape index (κ3) is 3.94. The molecule has 88 valence electrons. The largest absolute Gasteiger partial charge is 0.302 e. The fourth-order valence-electron chi connectivity index (χ4n) is 1.42. The maximum atomic E-state index is 11.6. The fraction of sp³-hybridized carbons (Fsp3) is 0.167. The molecule has 17 heavy (non-hydrogen) atoms. The number of carbonyl (C=O) groups excluding carboxylic acids is 1. The molecule has 1 N–H and O–H groups in total. The van der Waals surface area contributed by atoms with Crippen molar-refractivity contribution < 1.29 is 4.79 Å². The second-order valence-corrected chi connectivity index (χ2v) is 5.33. The molecule has 2 rings (SSSR count). The van der Waals surface area contributed by atoms with E-state index in [0.29, 0.717) is 11.6 Å². The van der Waals surface area contributed by atoms with Crippen molar-refractivity contribution in [2.45, 2.75) is 12.8 Å². The summed E-state index contributed by atoms with van der Waals surface area (Å²) in [6.45, 7) is 0. The lowest BCUT2D eigenvalue weighted by Crippen LogP contribution is -2.11. The van der Waals surface area contributed by atoms with Crippen LogP contribution in [0.25, 0.3) is 0 Å². The number of anilines is 1. The lowest BCUT2D eigenvalue weighted by Gasteiger charge is -2.02. The molecule has 0 saturated heterocycles. The normalized spacial score (nSPS) is 10.2. The summed E-state index contributed by atoms with van der Waals surface area (Å²) in [6.07, 6.45) is 2.88. The van der Waals surface area contributed by atoms with E-state index in [4.69, 9.17) is 0 Å². The molecule has 5 heteroatoms. The minimum Gasteiger partial charge on any atom is -0.302 e. The zero-order valence-electron chi connectivity index (χ0n) is 9.02. The number of amides is 1. The van der Waals surface area contributed by atoms with Crippen LogP contribution in [0.1, 0.15) is 12.0 Å². The highest BCUT2D eigenvalue weighted by molar-refractivity contribution is 9.10. The van der Waals surface area contributed by atoms with E-state index in [9.17, 15) is 4.79 Å². The number of aryl methyl sites for hydroxylation is 1. The van der Waals surface area contributed by atoms with E-state index in [1.54, 1.807) is 6.20 Å². The highest BCUT2D eigenvalue weighted by Crippen LogP contribution is 2.14. The number of hydrogen-bond acceptors (Lipinski definition) is 3. The molecule has 0 spiro atoms. The first-order chi connectivity index (χ1) is 8.24. The molecule has 1 aromatic carbocycles. The molecule has 1 heterocycles. The predicted octanol–water partition coefficient (Wildman–Crippen LogP) is 3.48. The van der Waals surface area contributed by atoms with Gasteiger partial charge in [0.1, 0.15) is 0 Å². The summed E-state index contributed by atoms with van der Waals surface area (Å²) in [5, 5.41) is 5.26. The first kappa shape index (κ1) is 12.3. The summed E-state index contributed by atoms with van der Waals surface area (Å²) in [6, 6.07) is 7.98. The molecule has 0 fully saturated rings. The monoisotopic (exact) mass is 310 g/mol. The Morgan fingerprint density at radius 3 is 3.06 bits per heavy atom. The smallest absolute Gasteiger partial charge is 0.226 e. The Kier molecular flexibility index (Phi) is 4.28. The average molecular weight is 311 g/mol. The minimum absolute atomic E-state index is 0.0000690. The number of nitrogens with one attached hydrogen (secondary N) is 1. The van der Waals surface area contributed by atoms with Crippen LogP contribution in [0.4, 0.5) is 5.13 Å². The Bertz CT molecular complexity index is 499. The SMILES string of the molecule is O=C(CCc1cccc(Br)c1)Nc1nccs1. The third-order valence-corrected chi connectivity index (χ3v) is 3.39. The van der Waals surface area contributed by atoms with Gasteiger partial charge in [-0.2, -0.15) is 0 Å². The van der Waals surface area contributed by atoms with Gasteiger partial charge < -0.3 is 5.32 Å². The van der Waals surface area contributed by atoms with Crippen LogP contribution in [0.3, 0.4) is 0 Å². The highest BCUT2D eigenvalue weighted by Gasteiger charge is 2.04. The summed E-state index contributed by atoms with van der Waals surface area (Å²) < 4.78 is 1.04. The van der Waals surface area contributed by atoms with Gasteiger partial charge in [-0.1, -0.05) is 28.1 Å². The standard InChI is InChI=1S/C12H11BrN2OS/c13-10-3-1-2-9(8-10)4-5-11(16)15-12-14-6-7-17-12/h1-3,6-8H,4-5H2,(H,14,15,16). The molecule has 0 atom stereocenters. The predicted molar refractivity (Wildman–Crippen MR) is 73.2 cm³/mol. The van der Waals surface area contributed by atoms with Crippen molar-refractivity contribution in [3.05, 3.63) is 45.9 Å². The quantitative estimate of drug-likeness (QED) is 0.939. The first-order valence-corrected chi connectivity index (χ1v) is 6.85. The third-order valence-electron chi connectivity index (χ3n) is 2.21. The van der Waals surface area contributed by atoms with Gasteiger partial charge in [0.2, 0.25) is 5.91 Å². The van der Waals surface area contributed by atoms with Gasteiger partial charge in [0.25, 0.3) is 0 Å². The van der Waals surface area contributed by atoms with Gasteiger partial charge in [-0.25, -0.2) is 4.98 Å². The number of carbonyl (C=O) groups is 1. The summed E-state index contributed by atoms with van der Waals surface area (Å²) in [4.78, 5) is 15.6. The minimum atomic E-state index is -0.0000690. The van der Waals surface area contributed by atoms with Crippen molar-refractivity contribution in [3.8, 4) is 0 Å². The first-order valence-electron chi connectivity index (χ1n) is 5.18. The van der Waals surface area contributed by atoms with Crippen LogP contribution in [-0.4, -0.2) is 10.9 Å². The Morgan fingerprint density at radius 2 is 2.35 bits per heavy atom. The maximum absolute atomic E-state index is 11.6. The van der Waals surface area contributed by atoms with E-state index in [2.05, 4.69) is 26.2 Å². The van der Waals surface area contributed by atoms with Gasteiger partial charge in [0, 0.05) is 22.5 Å². The highest BCUT2D eigenvalue weighted by atomic mass is 79.9.